The van der Waals surface area contributed by atoms with Gasteiger partial charge in [-0.2, -0.15) is 4.68 Å². The number of nitrogens with one attached hydrogen (secondary N) is 2. The summed E-state index contributed by atoms with van der Waals surface area (Å²) in [5.41, 5.74) is 0.790. The summed E-state index contributed by atoms with van der Waals surface area (Å²) in [6, 6.07) is 12.2. The number of amides is 1. The molecule has 21 heavy (non-hydrogen) atoms. The Morgan fingerprint density at radius 3 is 2.76 bits per heavy atom. The van der Waals surface area contributed by atoms with Gasteiger partial charge in [0.05, 0.1) is 10.9 Å². The van der Waals surface area contributed by atoms with Crippen molar-refractivity contribution in [2.24, 2.45) is 0 Å². The van der Waals surface area contributed by atoms with Crippen LogP contribution in [0.1, 0.15) is 5.56 Å². The monoisotopic (exact) mass is 285 g/mol. The average molecular weight is 285 g/mol. The van der Waals surface area contributed by atoms with Crippen molar-refractivity contribution in [3.05, 3.63) is 70.3 Å². The molecule has 0 spiro atoms. The summed E-state index contributed by atoms with van der Waals surface area (Å²) in [5, 5.41) is 5.74. The Morgan fingerprint density at radius 1 is 1.19 bits per heavy atom. The summed E-state index contributed by atoms with van der Waals surface area (Å²) < 4.78 is 14.0. The van der Waals surface area contributed by atoms with Crippen LogP contribution in [0.15, 0.2) is 53.3 Å². The van der Waals surface area contributed by atoms with Crippen LogP contribution in [-0.2, 0) is 6.54 Å². The molecule has 0 saturated heterocycles. The van der Waals surface area contributed by atoms with Gasteiger partial charge in [-0.1, -0.05) is 24.3 Å². The second kappa shape index (κ2) is 5.24. The number of carbonyl (C=O) groups excluding carboxylic acids is 1. The zero-order valence-electron chi connectivity index (χ0n) is 11.0. The van der Waals surface area contributed by atoms with E-state index in [1.54, 1.807) is 36.4 Å². The molecule has 1 amide bonds. The minimum absolute atomic E-state index is 0.137. The van der Waals surface area contributed by atoms with E-state index in [-0.39, 0.29) is 12.4 Å². The van der Waals surface area contributed by atoms with Crippen molar-refractivity contribution in [2.45, 2.75) is 6.54 Å². The van der Waals surface area contributed by atoms with Crippen LogP contribution in [0.4, 0.5) is 9.18 Å². The molecule has 0 saturated carbocycles. The second-order valence-electron chi connectivity index (χ2n) is 4.59. The van der Waals surface area contributed by atoms with Gasteiger partial charge in [-0.05, 0) is 29.8 Å². The molecule has 2 aromatic carbocycles. The molecule has 0 aliphatic carbocycles. The molecule has 5 nitrogen and oxygen atoms in total. The van der Waals surface area contributed by atoms with Crippen molar-refractivity contribution in [1.29, 1.82) is 0 Å². The number of H-pyrrole nitrogens is 1. The third-order valence-electron chi connectivity index (χ3n) is 3.13. The van der Waals surface area contributed by atoms with Gasteiger partial charge in [0.1, 0.15) is 5.82 Å². The van der Waals surface area contributed by atoms with Crippen molar-refractivity contribution >= 4 is 16.9 Å². The first kappa shape index (κ1) is 13.1. The van der Waals surface area contributed by atoms with Gasteiger partial charge in [-0.25, -0.2) is 9.18 Å². The highest BCUT2D eigenvalue weighted by molar-refractivity contribution is 5.84. The van der Waals surface area contributed by atoms with Gasteiger partial charge in [0.25, 0.3) is 5.56 Å². The summed E-state index contributed by atoms with van der Waals surface area (Å²) in [6.07, 6.45) is 0. The van der Waals surface area contributed by atoms with Crippen LogP contribution < -0.4 is 10.9 Å². The van der Waals surface area contributed by atoms with Crippen molar-refractivity contribution in [1.82, 2.24) is 15.1 Å². The summed E-state index contributed by atoms with van der Waals surface area (Å²) in [7, 11) is 0. The molecule has 3 aromatic rings. The van der Waals surface area contributed by atoms with E-state index in [2.05, 4.69) is 10.4 Å². The zero-order valence-corrected chi connectivity index (χ0v) is 11.0. The molecule has 1 heterocycles. The Bertz CT molecular complexity index is 866. The number of halogens is 1. The Balaban J connectivity index is 1.81. The van der Waals surface area contributed by atoms with Gasteiger partial charge < -0.3 is 5.32 Å². The molecule has 0 aliphatic heterocycles. The molecule has 6 heteroatoms. The van der Waals surface area contributed by atoms with E-state index in [0.717, 1.165) is 4.68 Å². The topological polar surface area (TPSA) is 66.9 Å². The van der Waals surface area contributed by atoms with Gasteiger partial charge in [-0.3, -0.25) is 9.89 Å². The molecular weight excluding hydrogens is 273 g/mol. The lowest BCUT2D eigenvalue weighted by atomic mass is 10.2. The molecule has 0 fully saturated rings. The second-order valence-corrected chi connectivity index (χ2v) is 4.59. The van der Waals surface area contributed by atoms with Crippen molar-refractivity contribution in [3.63, 3.8) is 0 Å². The van der Waals surface area contributed by atoms with Crippen LogP contribution in [0.5, 0.6) is 0 Å². The number of hydrogen-bond donors (Lipinski definition) is 2. The van der Waals surface area contributed by atoms with E-state index in [0.29, 0.717) is 16.5 Å². The zero-order chi connectivity index (χ0) is 14.8. The minimum Gasteiger partial charge on any atom is -0.332 e. The summed E-state index contributed by atoms with van der Waals surface area (Å²) >= 11 is 0. The molecule has 0 unspecified atom stereocenters. The van der Waals surface area contributed by atoms with Gasteiger partial charge in [0, 0.05) is 6.54 Å². The molecule has 2 N–H and O–H groups in total. The van der Waals surface area contributed by atoms with E-state index in [1.165, 1.54) is 12.1 Å². The number of benzene rings is 2. The molecular formula is C15H12FN3O2. The van der Waals surface area contributed by atoms with Crippen molar-refractivity contribution < 1.29 is 9.18 Å². The Labute approximate surface area is 119 Å². The lowest BCUT2D eigenvalue weighted by molar-refractivity contribution is 0.238. The fourth-order valence-electron chi connectivity index (χ4n) is 2.11. The van der Waals surface area contributed by atoms with Crippen LogP contribution in [0.3, 0.4) is 0 Å². The average Bonchev–Trinajstić information content (AvgIpc) is 2.83. The Morgan fingerprint density at radius 2 is 2.00 bits per heavy atom. The predicted octanol–water partition coefficient (Wildman–Crippen LogP) is 2.23. The molecule has 0 atom stereocenters. The third-order valence-corrected chi connectivity index (χ3v) is 3.13. The smallest absolute Gasteiger partial charge is 0.332 e. The number of hydrogen-bond acceptors (Lipinski definition) is 2. The number of fused-ring (bicyclic) bond motifs is 1. The number of aromatic amines is 1. The van der Waals surface area contributed by atoms with Crippen molar-refractivity contribution in [3.8, 4) is 0 Å². The van der Waals surface area contributed by atoms with E-state index >= 15 is 0 Å². The van der Waals surface area contributed by atoms with E-state index in [9.17, 15) is 14.0 Å². The largest absolute Gasteiger partial charge is 0.343 e. The molecule has 0 bridgehead atoms. The maximum absolute atomic E-state index is 13.0. The summed E-state index contributed by atoms with van der Waals surface area (Å²) in [5.74, 6) is -0.371. The maximum Gasteiger partial charge on any atom is 0.343 e. The van der Waals surface area contributed by atoms with E-state index in [4.69, 9.17) is 0 Å². The molecule has 0 radical (unpaired) electrons. The number of para-hydroxylation sites is 1. The lowest BCUT2D eigenvalue weighted by Gasteiger charge is -2.05. The van der Waals surface area contributed by atoms with E-state index in [1.807, 2.05) is 0 Å². The van der Waals surface area contributed by atoms with Crippen LogP contribution in [0, 0.1) is 5.82 Å². The fraction of sp³-hybridized carbons (Fsp3) is 0.0667. The number of carbonyl (C=O) groups is 1. The predicted molar refractivity (Wildman–Crippen MR) is 76.6 cm³/mol. The SMILES string of the molecule is O=C(NCc1cccc(F)c1)n1[nH]c2ccccc2c1=O. The van der Waals surface area contributed by atoms with E-state index < -0.39 is 11.6 Å². The maximum atomic E-state index is 13.0. The lowest BCUT2D eigenvalue weighted by Crippen LogP contribution is -2.35. The van der Waals surface area contributed by atoms with Crippen LogP contribution in [-0.4, -0.2) is 15.8 Å². The molecule has 106 valence electrons. The molecule has 0 aliphatic rings. The number of rotatable bonds is 2. The quantitative estimate of drug-likeness (QED) is 0.758. The molecule has 1 aromatic heterocycles. The van der Waals surface area contributed by atoms with Crippen molar-refractivity contribution in [2.75, 3.05) is 0 Å². The Hall–Kier alpha value is -2.89. The number of aromatic nitrogens is 2. The Kier molecular flexibility index (Phi) is 3.27. The summed E-state index contributed by atoms with van der Waals surface area (Å²) in [4.78, 5) is 24.1. The highest BCUT2D eigenvalue weighted by Gasteiger charge is 2.12. The fourth-order valence-corrected chi connectivity index (χ4v) is 2.11. The van der Waals surface area contributed by atoms with Gasteiger partial charge >= 0.3 is 6.03 Å². The van der Waals surface area contributed by atoms with Crippen LogP contribution in [0.25, 0.3) is 10.9 Å². The first-order chi connectivity index (χ1) is 10.1. The normalized spacial score (nSPS) is 10.7. The summed E-state index contributed by atoms with van der Waals surface area (Å²) in [6.45, 7) is 0.137. The van der Waals surface area contributed by atoms with Crippen LogP contribution >= 0.6 is 0 Å². The highest BCUT2D eigenvalue weighted by atomic mass is 19.1. The van der Waals surface area contributed by atoms with Gasteiger partial charge in [0.2, 0.25) is 0 Å². The molecule has 3 rings (SSSR count). The third kappa shape index (κ3) is 2.55. The number of nitrogens with zero attached hydrogens (tertiary/aromatic N) is 1. The van der Waals surface area contributed by atoms with Gasteiger partial charge in [-0.15, -0.1) is 0 Å². The first-order valence-corrected chi connectivity index (χ1v) is 6.37. The first-order valence-electron chi connectivity index (χ1n) is 6.37. The van der Waals surface area contributed by atoms with Gasteiger partial charge in [0.15, 0.2) is 0 Å². The minimum atomic E-state index is -0.583. The van der Waals surface area contributed by atoms with Crippen LogP contribution in [0.2, 0.25) is 0 Å². The highest BCUT2D eigenvalue weighted by Crippen LogP contribution is 2.06. The standard InChI is InChI=1S/C15H12FN3O2/c16-11-5-3-4-10(8-11)9-17-15(21)19-14(20)12-6-1-2-7-13(12)18-19/h1-8,18H,9H2,(H,17,21).